The van der Waals surface area contributed by atoms with Gasteiger partial charge in [-0.05, 0) is 18.9 Å². The number of benzene rings is 1. The number of aromatic carboxylic acids is 1. The summed E-state index contributed by atoms with van der Waals surface area (Å²) in [4.78, 5) is 50.9. The molecule has 0 atom stereocenters. The maximum atomic E-state index is 15.8. The highest BCUT2D eigenvalue weighted by atomic mass is 19.1. The standard InChI is InChI=1S/C23H23F2N3O7/c1-34-17(29)10-16(23(33)35-2)26-5-7-27(8-6-26)20-15(24)9-13-19(18(20)25)28(12-3-4-12)11-14(21(13)30)22(31)32/h9-12H,3-8H2,1-2H3,(H,31,32)/b16-10-. The van der Waals surface area contributed by atoms with Crippen molar-refractivity contribution in [1.82, 2.24) is 9.47 Å². The van der Waals surface area contributed by atoms with Crippen LogP contribution in [0.3, 0.4) is 0 Å². The Labute approximate surface area is 197 Å². The quantitative estimate of drug-likeness (QED) is 0.475. The Morgan fingerprint density at radius 2 is 1.74 bits per heavy atom. The predicted octanol–water partition coefficient (Wildman–Crippen LogP) is 1.66. The number of carbonyl (C=O) groups excluding carboxylic acids is 2. The van der Waals surface area contributed by atoms with E-state index in [-0.39, 0.29) is 54.5 Å². The van der Waals surface area contributed by atoms with Crippen molar-refractivity contribution in [1.29, 1.82) is 0 Å². The Morgan fingerprint density at radius 1 is 1.09 bits per heavy atom. The summed E-state index contributed by atoms with van der Waals surface area (Å²) >= 11 is 0. The number of halogens is 2. The molecular weight excluding hydrogens is 468 g/mol. The fourth-order valence-corrected chi connectivity index (χ4v) is 4.24. The van der Waals surface area contributed by atoms with Gasteiger partial charge in [0.25, 0.3) is 0 Å². The zero-order valence-corrected chi connectivity index (χ0v) is 19.0. The number of piperazine rings is 1. The van der Waals surface area contributed by atoms with Crippen LogP contribution < -0.4 is 10.3 Å². The van der Waals surface area contributed by atoms with Gasteiger partial charge < -0.3 is 28.9 Å². The first-order valence-corrected chi connectivity index (χ1v) is 10.9. The van der Waals surface area contributed by atoms with Crippen LogP contribution in [0.5, 0.6) is 0 Å². The number of anilines is 1. The molecule has 186 valence electrons. The van der Waals surface area contributed by atoms with Crippen LogP contribution in [-0.4, -0.2) is 72.9 Å². The minimum atomic E-state index is -1.46. The summed E-state index contributed by atoms with van der Waals surface area (Å²) in [6, 6.07) is 0.706. The van der Waals surface area contributed by atoms with Gasteiger partial charge in [0.05, 0.1) is 31.2 Å². The van der Waals surface area contributed by atoms with Gasteiger partial charge in [0.2, 0.25) is 5.43 Å². The number of carboxylic acid groups (broad SMARTS) is 1. The van der Waals surface area contributed by atoms with Crippen LogP contribution in [0.25, 0.3) is 10.9 Å². The summed E-state index contributed by atoms with van der Waals surface area (Å²) in [5.74, 6) is -4.92. The number of fused-ring (bicyclic) bond motifs is 1. The molecule has 4 rings (SSSR count). The Morgan fingerprint density at radius 3 is 2.29 bits per heavy atom. The number of esters is 2. The molecule has 2 aromatic rings. The highest BCUT2D eigenvalue weighted by Crippen LogP contribution is 2.39. The van der Waals surface area contributed by atoms with Crippen molar-refractivity contribution < 1.29 is 37.7 Å². The molecule has 0 spiro atoms. The molecule has 0 unspecified atom stereocenters. The Balaban J connectivity index is 1.71. The molecule has 1 aliphatic carbocycles. The third-order valence-electron chi connectivity index (χ3n) is 6.14. The number of carboxylic acids is 1. The summed E-state index contributed by atoms with van der Waals surface area (Å²) in [5, 5.41) is 9.04. The Hall–Kier alpha value is -3.96. The number of nitrogens with zero attached hydrogens (tertiary/aromatic N) is 3. The van der Waals surface area contributed by atoms with E-state index in [0.717, 1.165) is 25.4 Å². The fourth-order valence-electron chi connectivity index (χ4n) is 4.24. The van der Waals surface area contributed by atoms with Crippen molar-refractivity contribution in [3.05, 3.63) is 51.5 Å². The topological polar surface area (TPSA) is 118 Å². The average molecular weight is 491 g/mol. The molecule has 0 radical (unpaired) electrons. The molecule has 35 heavy (non-hydrogen) atoms. The van der Waals surface area contributed by atoms with Crippen molar-refractivity contribution in [2.24, 2.45) is 0 Å². The lowest BCUT2D eigenvalue weighted by atomic mass is 10.1. The maximum absolute atomic E-state index is 15.8. The first-order chi connectivity index (χ1) is 16.7. The van der Waals surface area contributed by atoms with E-state index in [2.05, 4.69) is 4.74 Å². The number of carbonyl (C=O) groups is 3. The smallest absolute Gasteiger partial charge is 0.354 e. The summed E-state index contributed by atoms with van der Waals surface area (Å²) in [6.45, 7) is 0.468. The van der Waals surface area contributed by atoms with E-state index in [9.17, 15) is 24.3 Å². The maximum Gasteiger partial charge on any atom is 0.354 e. The predicted molar refractivity (Wildman–Crippen MR) is 119 cm³/mol. The summed E-state index contributed by atoms with van der Waals surface area (Å²) < 4.78 is 41.6. The SMILES string of the molecule is COC(=O)/C=C(/C(=O)OC)N1CCN(c2c(F)cc3c(=O)c(C(=O)O)cn(C4CC4)c3c2F)CC1. The lowest BCUT2D eigenvalue weighted by Gasteiger charge is -2.37. The number of hydrogen-bond donors (Lipinski definition) is 1. The lowest BCUT2D eigenvalue weighted by molar-refractivity contribution is -0.140. The molecular formula is C23H23F2N3O7. The van der Waals surface area contributed by atoms with Gasteiger partial charge in [0.1, 0.15) is 22.8 Å². The van der Waals surface area contributed by atoms with E-state index >= 15 is 8.78 Å². The second-order valence-corrected chi connectivity index (χ2v) is 8.25. The molecule has 2 fully saturated rings. The highest BCUT2D eigenvalue weighted by Gasteiger charge is 2.32. The molecule has 10 nitrogen and oxygen atoms in total. The minimum Gasteiger partial charge on any atom is -0.477 e. The molecule has 1 aromatic carbocycles. The van der Waals surface area contributed by atoms with Crippen LogP contribution in [0, 0.1) is 11.6 Å². The van der Waals surface area contributed by atoms with Gasteiger partial charge in [0.15, 0.2) is 5.82 Å². The van der Waals surface area contributed by atoms with Crippen LogP contribution in [0.15, 0.2) is 28.8 Å². The van der Waals surface area contributed by atoms with Crippen molar-refractivity contribution >= 4 is 34.5 Å². The number of hydrogen-bond acceptors (Lipinski definition) is 8. The van der Waals surface area contributed by atoms with Crippen molar-refractivity contribution in [2.75, 3.05) is 45.3 Å². The number of pyridine rings is 1. The van der Waals surface area contributed by atoms with Gasteiger partial charge in [-0.1, -0.05) is 0 Å². The molecule has 1 saturated heterocycles. The van der Waals surface area contributed by atoms with Crippen LogP contribution in [0.1, 0.15) is 29.2 Å². The van der Waals surface area contributed by atoms with Crippen molar-refractivity contribution in [3.63, 3.8) is 0 Å². The van der Waals surface area contributed by atoms with Crippen molar-refractivity contribution in [2.45, 2.75) is 18.9 Å². The van der Waals surface area contributed by atoms with E-state index in [1.807, 2.05) is 0 Å². The molecule has 1 N–H and O–H groups in total. The Bertz CT molecular complexity index is 1310. The molecule has 0 amide bonds. The average Bonchev–Trinajstić information content (AvgIpc) is 3.68. The first kappa shape index (κ1) is 24.2. The first-order valence-electron chi connectivity index (χ1n) is 10.9. The third-order valence-corrected chi connectivity index (χ3v) is 6.14. The van der Waals surface area contributed by atoms with Gasteiger partial charge in [-0.15, -0.1) is 0 Å². The molecule has 1 saturated carbocycles. The lowest BCUT2D eigenvalue weighted by Crippen LogP contribution is -2.48. The summed E-state index contributed by atoms with van der Waals surface area (Å²) in [7, 11) is 2.33. The molecule has 12 heteroatoms. The molecule has 2 heterocycles. The second kappa shape index (κ2) is 9.35. The summed E-state index contributed by atoms with van der Waals surface area (Å²) in [6.07, 6.45) is 3.48. The molecule has 2 aliphatic rings. The van der Waals surface area contributed by atoms with Crippen LogP contribution in [0.2, 0.25) is 0 Å². The number of ether oxygens (including phenoxy) is 2. The van der Waals surface area contributed by atoms with E-state index in [4.69, 9.17) is 4.74 Å². The number of methoxy groups -OCH3 is 2. The monoisotopic (exact) mass is 491 g/mol. The fraction of sp³-hybridized carbons (Fsp3) is 0.391. The van der Waals surface area contributed by atoms with E-state index in [0.29, 0.717) is 12.8 Å². The third kappa shape index (κ3) is 4.43. The minimum absolute atomic E-state index is 0.0396. The largest absolute Gasteiger partial charge is 0.477 e. The van der Waals surface area contributed by atoms with Gasteiger partial charge >= 0.3 is 17.9 Å². The molecule has 1 aromatic heterocycles. The van der Waals surface area contributed by atoms with Gasteiger partial charge in [-0.3, -0.25) is 4.79 Å². The van der Waals surface area contributed by atoms with Gasteiger partial charge in [0, 0.05) is 38.4 Å². The highest BCUT2D eigenvalue weighted by molar-refractivity contribution is 5.96. The number of rotatable bonds is 6. The number of aromatic nitrogens is 1. The normalized spacial score (nSPS) is 16.4. The van der Waals surface area contributed by atoms with E-state index < -0.39 is 40.5 Å². The van der Waals surface area contributed by atoms with E-state index in [1.54, 1.807) is 4.90 Å². The van der Waals surface area contributed by atoms with Crippen LogP contribution in [-0.2, 0) is 19.1 Å². The van der Waals surface area contributed by atoms with Crippen LogP contribution in [0.4, 0.5) is 14.5 Å². The van der Waals surface area contributed by atoms with Crippen molar-refractivity contribution in [3.8, 4) is 0 Å². The Kier molecular flexibility index (Phi) is 6.46. The van der Waals surface area contributed by atoms with E-state index in [1.165, 1.54) is 16.6 Å². The molecule has 1 aliphatic heterocycles. The van der Waals surface area contributed by atoms with Gasteiger partial charge in [-0.2, -0.15) is 0 Å². The van der Waals surface area contributed by atoms with Crippen LogP contribution >= 0.6 is 0 Å². The van der Waals surface area contributed by atoms with Gasteiger partial charge in [-0.25, -0.2) is 23.2 Å². The zero-order valence-electron chi connectivity index (χ0n) is 19.0. The zero-order chi connectivity index (χ0) is 25.4. The summed E-state index contributed by atoms with van der Waals surface area (Å²) in [5.41, 5.74) is -2.01. The second-order valence-electron chi connectivity index (χ2n) is 8.25. The molecule has 0 bridgehead atoms.